The van der Waals surface area contributed by atoms with Gasteiger partial charge in [0.15, 0.2) is 0 Å². The van der Waals surface area contributed by atoms with Crippen LogP contribution in [-0.2, 0) is 10.0 Å². The van der Waals surface area contributed by atoms with Gasteiger partial charge in [-0.05, 0) is 44.0 Å². The number of nitrogens with zero attached hydrogens (tertiary/aromatic N) is 3. The van der Waals surface area contributed by atoms with Gasteiger partial charge >= 0.3 is 0 Å². The first-order chi connectivity index (χ1) is 11.5. The van der Waals surface area contributed by atoms with Crippen molar-refractivity contribution in [1.82, 2.24) is 13.1 Å². The van der Waals surface area contributed by atoms with E-state index in [1.165, 1.54) is 10.5 Å². The summed E-state index contributed by atoms with van der Waals surface area (Å²) in [6, 6.07) is 4.95. The third-order valence-corrected chi connectivity index (χ3v) is 6.14. The van der Waals surface area contributed by atoms with E-state index in [0.29, 0.717) is 37.7 Å². The molecule has 7 nitrogen and oxygen atoms in total. The summed E-state index contributed by atoms with van der Waals surface area (Å²) in [6.45, 7) is 5.02. The molecule has 0 radical (unpaired) electrons. The molecule has 1 aliphatic heterocycles. The van der Waals surface area contributed by atoms with Gasteiger partial charge in [-0.2, -0.15) is 8.68 Å². The van der Waals surface area contributed by atoms with Crippen LogP contribution in [0.25, 0.3) is 0 Å². The summed E-state index contributed by atoms with van der Waals surface area (Å²) in [7, 11) is -3.54. The highest BCUT2D eigenvalue weighted by Gasteiger charge is 2.34. The fourth-order valence-corrected chi connectivity index (χ4v) is 4.57. The Morgan fingerprint density at radius 3 is 2.92 bits per heavy atom. The van der Waals surface area contributed by atoms with Crippen molar-refractivity contribution in [1.29, 1.82) is 0 Å². The highest BCUT2D eigenvalue weighted by Crippen LogP contribution is 2.27. The lowest BCUT2D eigenvalue weighted by Gasteiger charge is -2.17. The van der Waals surface area contributed by atoms with Crippen LogP contribution < -0.4 is 9.47 Å². The van der Waals surface area contributed by atoms with Gasteiger partial charge < -0.3 is 9.47 Å². The molecular formula is C15H19N3O4S2. The molecular weight excluding hydrogens is 350 g/mol. The van der Waals surface area contributed by atoms with E-state index in [4.69, 9.17) is 9.47 Å². The molecule has 1 fully saturated rings. The zero-order valence-corrected chi connectivity index (χ0v) is 15.1. The standard InChI is InChI=1S/C15H19N3O4S2/c1-3-21-14-5-4-13(8-11(14)2)24(19,20)18-7-6-12(10-18)22-15-9-16-23-17-15/h4-5,8-9,12H,3,6-7,10H2,1-2H3. The second-order valence-corrected chi connectivity index (χ2v) is 7.99. The maximum absolute atomic E-state index is 12.8. The van der Waals surface area contributed by atoms with Crippen LogP contribution in [0.5, 0.6) is 11.6 Å². The fraction of sp³-hybridized carbons (Fsp3) is 0.467. The van der Waals surface area contributed by atoms with E-state index in [-0.39, 0.29) is 11.0 Å². The van der Waals surface area contributed by atoms with Crippen molar-refractivity contribution in [3.05, 3.63) is 30.0 Å². The quantitative estimate of drug-likeness (QED) is 0.775. The van der Waals surface area contributed by atoms with Crippen LogP contribution in [-0.4, -0.2) is 47.3 Å². The Labute approximate surface area is 145 Å². The lowest BCUT2D eigenvalue weighted by atomic mass is 10.2. The Kier molecular flexibility index (Phi) is 5.02. The average Bonchev–Trinajstić information content (AvgIpc) is 3.22. The van der Waals surface area contributed by atoms with Crippen LogP contribution in [0.4, 0.5) is 0 Å². The van der Waals surface area contributed by atoms with Crippen LogP contribution in [0.1, 0.15) is 18.9 Å². The van der Waals surface area contributed by atoms with E-state index in [0.717, 1.165) is 17.3 Å². The van der Waals surface area contributed by atoms with E-state index in [1.54, 1.807) is 18.2 Å². The summed E-state index contributed by atoms with van der Waals surface area (Å²) in [5, 5.41) is 0. The number of benzene rings is 1. The minimum Gasteiger partial charge on any atom is -0.494 e. The maximum atomic E-state index is 12.8. The first-order valence-electron chi connectivity index (χ1n) is 7.68. The van der Waals surface area contributed by atoms with Crippen molar-refractivity contribution in [3.63, 3.8) is 0 Å². The summed E-state index contributed by atoms with van der Waals surface area (Å²) < 4.78 is 46.1. The number of hydrogen-bond donors (Lipinski definition) is 0. The van der Waals surface area contributed by atoms with Gasteiger partial charge in [0, 0.05) is 6.54 Å². The summed E-state index contributed by atoms with van der Waals surface area (Å²) in [5.41, 5.74) is 0.804. The van der Waals surface area contributed by atoms with Gasteiger partial charge in [0.25, 0.3) is 0 Å². The largest absolute Gasteiger partial charge is 0.494 e. The van der Waals surface area contributed by atoms with Crippen LogP contribution in [0.15, 0.2) is 29.3 Å². The SMILES string of the molecule is CCOc1ccc(S(=O)(=O)N2CCC(Oc3cnsn3)C2)cc1C. The van der Waals surface area contributed by atoms with Crippen LogP contribution in [0.2, 0.25) is 0 Å². The molecule has 1 unspecified atom stereocenters. The van der Waals surface area contributed by atoms with Crippen LogP contribution >= 0.6 is 11.7 Å². The third-order valence-electron chi connectivity index (χ3n) is 3.82. The number of aryl methyl sites for hydroxylation is 1. The highest BCUT2D eigenvalue weighted by atomic mass is 32.2. The van der Waals surface area contributed by atoms with E-state index in [9.17, 15) is 8.42 Å². The van der Waals surface area contributed by atoms with Gasteiger partial charge in [-0.3, -0.25) is 0 Å². The summed E-state index contributed by atoms with van der Waals surface area (Å²) in [4.78, 5) is 0.277. The molecule has 1 aliphatic rings. The number of sulfonamides is 1. The van der Waals surface area contributed by atoms with E-state index < -0.39 is 10.0 Å². The van der Waals surface area contributed by atoms with E-state index in [1.807, 2.05) is 13.8 Å². The Morgan fingerprint density at radius 1 is 1.42 bits per heavy atom. The summed E-state index contributed by atoms with van der Waals surface area (Å²) in [6.07, 6.45) is 1.97. The molecule has 1 atom stereocenters. The molecule has 1 aromatic carbocycles. The molecule has 130 valence electrons. The number of rotatable bonds is 6. The fourth-order valence-electron chi connectivity index (χ4n) is 2.64. The minimum absolute atomic E-state index is 0.201. The molecule has 9 heteroatoms. The van der Waals surface area contributed by atoms with Crippen LogP contribution in [0, 0.1) is 6.92 Å². The Bertz CT molecular complexity index is 793. The molecule has 0 aliphatic carbocycles. The molecule has 0 amide bonds. The van der Waals surface area contributed by atoms with E-state index >= 15 is 0 Å². The minimum atomic E-state index is -3.54. The van der Waals surface area contributed by atoms with Crippen molar-refractivity contribution >= 4 is 21.8 Å². The molecule has 2 aromatic rings. The molecule has 0 N–H and O–H groups in total. The first kappa shape index (κ1) is 17.1. The molecule has 0 saturated carbocycles. The number of ether oxygens (including phenoxy) is 2. The van der Waals surface area contributed by atoms with Gasteiger partial charge in [-0.1, -0.05) is 0 Å². The predicted octanol–water partition coefficient (Wildman–Crippen LogP) is 2.09. The number of aromatic nitrogens is 2. The second-order valence-electron chi connectivity index (χ2n) is 5.50. The maximum Gasteiger partial charge on any atom is 0.246 e. The molecule has 2 heterocycles. The van der Waals surface area contributed by atoms with Crippen molar-refractivity contribution in [2.75, 3.05) is 19.7 Å². The highest BCUT2D eigenvalue weighted by molar-refractivity contribution is 7.89. The lowest BCUT2D eigenvalue weighted by Crippen LogP contribution is -2.31. The zero-order valence-electron chi connectivity index (χ0n) is 13.5. The molecule has 1 aromatic heterocycles. The number of hydrogen-bond acceptors (Lipinski definition) is 7. The Morgan fingerprint density at radius 2 is 2.25 bits per heavy atom. The topological polar surface area (TPSA) is 81.6 Å². The summed E-state index contributed by atoms with van der Waals surface area (Å²) in [5.74, 6) is 1.15. The summed E-state index contributed by atoms with van der Waals surface area (Å²) >= 11 is 1.06. The van der Waals surface area contributed by atoms with Crippen molar-refractivity contribution in [3.8, 4) is 11.6 Å². The van der Waals surface area contributed by atoms with Gasteiger partial charge in [0.05, 0.1) is 29.8 Å². The lowest BCUT2D eigenvalue weighted by molar-refractivity contribution is 0.208. The average molecular weight is 369 g/mol. The molecule has 0 spiro atoms. The monoisotopic (exact) mass is 369 g/mol. The Balaban J connectivity index is 1.73. The molecule has 24 heavy (non-hydrogen) atoms. The van der Waals surface area contributed by atoms with Gasteiger partial charge in [0.1, 0.15) is 18.1 Å². The van der Waals surface area contributed by atoms with Crippen molar-refractivity contribution < 1.29 is 17.9 Å². The second kappa shape index (κ2) is 7.04. The van der Waals surface area contributed by atoms with Crippen molar-refractivity contribution in [2.45, 2.75) is 31.3 Å². The van der Waals surface area contributed by atoms with Crippen molar-refractivity contribution in [2.24, 2.45) is 0 Å². The van der Waals surface area contributed by atoms with Crippen LogP contribution in [0.3, 0.4) is 0 Å². The van der Waals surface area contributed by atoms with E-state index in [2.05, 4.69) is 8.75 Å². The normalized spacial score (nSPS) is 18.7. The molecule has 1 saturated heterocycles. The smallest absolute Gasteiger partial charge is 0.246 e. The molecule has 0 bridgehead atoms. The van der Waals surface area contributed by atoms with Gasteiger partial charge in [-0.15, -0.1) is 4.37 Å². The zero-order chi connectivity index (χ0) is 17.2. The predicted molar refractivity (Wildman–Crippen MR) is 90.0 cm³/mol. The Hall–Kier alpha value is -1.71. The van der Waals surface area contributed by atoms with Gasteiger partial charge in [0.2, 0.25) is 15.9 Å². The van der Waals surface area contributed by atoms with Gasteiger partial charge in [-0.25, -0.2) is 8.42 Å². The first-order valence-corrected chi connectivity index (χ1v) is 9.85. The molecule has 3 rings (SSSR count). The third kappa shape index (κ3) is 3.52.